The van der Waals surface area contributed by atoms with Crippen LogP contribution in [0.3, 0.4) is 0 Å². The van der Waals surface area contributed by atoms with E-state index in [1.807, 2.05) is 0 Å². The number of thiophene rings is 1. The Hall–Kier alpha value is 0.1000. The van der Waals surface area contributed by atoms with Gasteiger partial charge < -0.3 is 0 Å². The normalized spacial score (nSPS) is 19.5. The zero-order chi connectivity index (χ0) is 8.55. The van der Waals surface area contributed by atoms with Gasteiger partial charge in [-0.1, -0.05) is 0 Å². The lowest BCUT2D eigenvalue weighted by Crippen LogP contribution is -2.28. The minimum Gasteiger partial charge on any atom is -0.271 e. The number of halogens is 1. The van der Waals surface area contributed by atoms with Crippen molar-refractivity contribution in [3.63, 3.8) is 0 Å². The minimum atomic E-state index is 0.376. The van der Waals surface area contributed by atoms with Gasteiger partial charge >= 0.3 is 0 Å². The Bertz CT molecular complexity index is 270. The molecule has 0 bridgehead atoms. The van der Waals surface area contributed by atoms with Crippen molar-refractivity contribution in [3.8, 4) is 0 Å². The SMILES string of the molecule is NNC(c1ccc(Br)s1)C1CC1. The average molecular weight is 247 g/mol. The number of nitrogens with two attached hydrogens (primary N) is 1. The van der Waals surface area contributed by atoms with E-state index in [2.05, 4.69) is 33.5 Å². The second-order valence-corrected chi connectivity index (χ2v) is 5.62. The van der Waals surface area contributed by atoms with Gasteiger partial charge in [0, 0.05) is 4.88 Å². The highest BCUT2D eigenvalue weighted by Gasteiger charge is 2.32. The van der Waals surface area contributed by atoms with Gasteiger partial charge in [0.25, 0.3) is 0 Å². The van der Waals surface area contributed by atoms with Crippen molar-refractivity contribution in [1.29, 1.82) is 0 Å². The molecule has 0 saturated heterocycles. The largest absolute Gasteiger partial charge is 0.271 e. The van der Waals surface area contributed by atoms with Gasteiger partial charge in [0.1, 0.15) is 0 Å². The zero-order valence-corrected chi connectivity index (χ0v) is 8.99. The van der Waals surface area contributed by atoms with Crippen LogP contribution in [0.4, 0.5) is 0 Å². The van der Waals surface area contributed by atoms with Crippen molar-refractivity contribution in [3.05, 3.63) is 20.8 Å². The molecule has 1 aliphatic carbocycles. The van der Waals surface area contributed by atoms with E-state index in [-0.39, 0.29) is 0 Å². The molecule has 12 heavy (non-hydrogen) atoms. The standard InChI is InChI=1S/C8H11BrN2S/c9-7-4-3-6(12-7)8(11-10)5-1-2-5/h3-5,8,11H,1-2,10H2. The van der Waals surface area contributed by atoms with Gasteiger partial charge in [-0.15, -0.1) is 11.3 Å². The summed E-state index contributed by atoms with van der Waals surface area (Å²) in [4.78, 5) is 1.34. The second kappa shape index (κ2) is 3.46. The summed E-state index contributed by atoms with van der Waals surface area (Å²) >= 11 is 5.21. The number of hydrazine groups is 1. The van der Waals surface area contributed by atoms with Gasteiger partial charge in [0.2, 0.25) is 0 Å². The third-order valence-corrected chi connectivity index (χ3v) is 3.88. The highest BCUT2D eigenvalue weighted by atomic mass is 79.9. The quantitative estimate of drug-likeness (QED) is 0.636. The highest BCUT2D eigenvalue weighted by Crippen LogP contribution is 2.43. The van der Waals surface area contributed by atoms with Crippen molar-refractivity contribution in [2.45, 2.75) is 18.9 Å². The highest BCUT2D eigenvalue weighted by molar-refractivity contribution is 9.11. The van der Waals surface area contributed by atoms with E-state index in [9.17, 15) is 0 Å². The van der Waals surface area contributed by atoms with Gasteiger partial charge in [0.05, 0.1) is 9.83 Å². The molecule has 3 N–H and O–H groups in total. The summed E-state index contributed by atoms with van der Waals surface area (Å²) in [6, 6.07) is 4.59. The maximum Gasteiger partial charge on any atom is 0.0702 e. The van der Waals surface area contributed by atoms with Crippen molar-refractivity contribution in [2.24, 2.45) is 11.8 Å². The van der Waals surface area contributed by atoms with Crippen molar-refractivity contribution >= 4 is 27.3 Å². The molecule has 1 fully saturated rings. The molecule has 1 heterocycles. The summed E-state index contributed by atoms with van der Waals surface area (Å²) in [5, 5.41) is 0. The molecule has 1 unspecified atom stereocenters. The molecule has 2 nitrogen and oxygen atoms in total. The monoisotopic (exact) mass is 246 g/mol. The van der Waals surface area contributed by atoms with Crippen LogP contribution in [0.5, 0.6) is 0 Å². The lowest BCUT2D eigenvalue weighted by Gasteiger charge is -2.11. The molecule has 0 amide bonds. The van der Waals surface area contributed by atoms with E-state index in [4.69, 9.17) is 5.84 Å². The Morgan fingerprint density at radius 1 is 1.58 bits per heavy atom. The van der Waals surface area contributed by atoms with Crippen LogP contribution in [0.2, 0.25) is 0 Å². The Kier molecular flexibility index (Phi) is 2.50. The van der Waals surface area contributed by atoms with Crippen LogP contribution >= 0.6 is 27.3 Å². The van der Waals surface area contributed by atoms with E-state index in [1.54, 1.807) is 11.3 Å². The van der Waals surface area contributed by atoms with Crippen molar-refractivity contribution in [1.82, 2.24) is 5.43 Å². The Morgan fingerprint density at radius 2 is 2.33 bits per heavy atom. The summed E-state index contributed by atoms with van der Waals surface area (Å²) in [5.41, 5.74) is 2.88. The van der Waals surface area contributed by atoms with Gasteiger partial charge in [-0.25, -0.2) is 0 Å². The van der Waals surface area contributed by atoms with Gasteiger partial charge in [-0.2, -0.15) is 0 Å². The Labute approximate surface area is 84.3 Å². The minimum absolute atomic E-state index is 0.376. The first kappa shape index (κ1) is 8.69. The van der Waals surface area contributed by atoms with Crippen molar-refractivity contribution < 1.29 is 0 Å². The number of hydrogen-bond acceptors (Lipinski definition) is 3. The van der Waals surface area contributed by atoms with Crippen LogP contribution in [-0.4, -0.2) is 0 Å². The van der Waals surface area contributed by atoms with Crippen molar-refractivity contribution in [2.75, 3.05) is 0 Å². The summed E-state index contributed by atoms with van der Waals surface area (Å²) in [6.45, 7) is 0. The number of rotatable bonds is 3. The topological polar surface area (TPSA) is 38.0 Å². The third kappa shape index (κ3) is 1.71. The van der Waals surface area contributed by atoms with E-state index in [1.165, 1.54) is 21.5 Å². The summed E-state index contributed by atoms with van der Waals surface area (Å²) in [6.07, 6.45) is 2.62. The van der Waals surface area contributed by atoms with Crippen LogP contribution in [-0.2, 0) is 0 Å². The Morgan fingerprint density at radius 3 is 2.75 bits per heavy atom. The molecule has 1 atom stereocenters. The molecule has 0 radical (unpaired) electrons. The average Bonchev–Trinajstić information content (AvgIpc) is 2.78. The number of nitrogens with one attached hydrogen (secondary N) is 1. The smallest absolute Gasteiger partial charge is 0.0702 e. The molecule has 1 aliphatic rings. The molecule has 1 saturated carbocycles. The van der Waals surface area contributed by atoms with Gasteiger partial charge in [-0.05, 0) is 46.8 Å². The van der Waals surface area contributed by atoms with E-state index in [0.29, 0.717) is 6.04 Å². The predicted octanol–water partition coefficient (Wildman–Crippen LogP) is 2.42. The van der Waals surface area contributed by atoms with Crippen LogP contribution < -0.4 is 11.3 Å². The maximum absolute atomic E-state index is 5.50. The van der Waals surface area contributed by atoms with E-state index < -0.39 is 0 Å². The molecular weight excluding hydrogens is 236 g/mol. The van der Waals surface area contributed by atoms with E-state index in [0.717, 1.165) is 5.92 Å². The fourth-order valence-corrected chi connectivity index (χ4v) is 2.95. The lowest BCUT2D eigenvalue weighted by molar-refractivity contribution is 0.504. The van der Waals surface area contributed by atoms with Crippen LogP contribution in [0, 0.1) is 5.92 Å². The molecule has 0 aliphatic heterocycles. The van der Waals surface area contributed by atoms with Gasteiger partial charge in [-0.3, -0.25) is 11.3 Å². The van der Waals surface area contributed by atoms with Crippen LogP contribution in [0.25, 0.3) is 0 Å². The molecule has 0 aromatic carbocycles. The molecule has 1 aromatic rings. The molecule has 66 valence electrons. The molecule has 1 aromatic heterocycles. The zero-order valence-electron chi connectivity index (χ0n) is 6.59. The van der Waals surface area contributed by atoms with Crippen LogP contribution in [0.15, 0.2) is 15.9 Å². The molecule has 0 spiro atoms. The predicted molar refractivity (Wildman–Crippen MR) is 54.8 cm³/mol. The fourth-order valence-electron chi connectivity index (χ4n) is 1.38. The second-order valence-electron chi connectivity index (χ2n) is 3.12. The fraction of sp³-hybridized carbons (Fsp3) is 0.500. The summed E-state index contributed by atoms with van der Waals surface area (Å²) < 4.78 is 1.18. The summed E-state index contributed by atoms with van der Waals surface area (Å²) in [5.74, 6) is 6.26. The molecule has 4 heteroatoms. The first-order valence-electron chi connectivity index (χ1n) is 4.02. The number of hydrogen-bond donors (Lipinski definition) is 2. The first-order chi connectivity index (χ1) is 5.81. The van der Waals surface area contributed by atoms with E-state index >= 15 is 0 Å². The van der Waals surface area contributed by atoms with Gasteiger partial charge in [0.15, 0.2) is 0 Å². The first-order valence-corrected chi connectivity index (χ1v) is 5.63. The molecular formula is C8H11BrN2S. The maximum atomic E-state index is 5.50. The lowest BCUT2D eigenvalue weighted by atomic mass is 10.1. The molecule has 2 rings (SSSR count). The van der Waals surface area contributed by atoms with Crippen LogP contribution in [0.1, 0.15) is 23.8 Å². The third-order valence-electron chi connectivity index (χ3n) is 2.17. The Balaban J connectivity index is 2.15. The summed E-state index contributed by atoms with van der Waals surface area (Å²) in [7, 11) is 0.